The molecule has 0 radical (unpaired) electrons. The minimum atomic E-state index is -3.80. The summed E-state index contributed by atoms with van der Waals surface area (Å²) in [6.45, 7) is 4.78. The van der Waals surface area contributed by atoms with Crippen molar-refractivity contribution in [2.75, 3.05) is 52.4 Å². The third-order valence-corrected chi connectivity index (χ3v) is 6.24. The van der Waals surface area contributed by atoms with Crippen molar-refractivity contribution in [2.24, 2.45) is 0 Å². The van der Waals surface area contributed by atoms with Gasteiger partial charge in [0.1, 0.15) is 0 Å². The van der Waals surface area contributed by atoms with Crippen LogP contribution in [0.15, 0.2) is 0 Å². The van der Waals surface area contributed by atoms with E-state index in [9.17, 15) is 4.57 Å². The Morgan fingerprint density at radius 3 is 1.73 bits per heavy atom. The zero-order valence-corrected chi connectivity index (χ0v) is 19.7. The lowest BCUT2D eigenvalue weighted by atomic mass is 10.0. The van der Waals surface area contributed by atoms with Gasteiger partial charge in [0.05, 0.1) is 32.5 Å². The van der Waals surface area contributed by atoms with Gasteiger partial charge < -0.3 is 28.7 Å². The largest absolute Gasteiger partial charge is 0.379 e. The van der Waals surface area contributed by atoms with Gasteiger partial charge in [-0.25, -0.2) is 0 Å². The van der Waals surface area contributed by atoms with Crippen LogP contribution in [0.3, 0.4) is 0 Å². The van der Waals surface area contributed by atoms with Crippen LogP contribution in [0.4, 0.5) is 0 Å². The smallest absolute Gasteiger partial charge is 0.325 e. The first kappa shape index (κ1) is 28.0. The Morgan fingerprint density at radius 1 is 0.633 bits per heavy atom. The molecule has 30 heavy (non-hydrogen) atoms. The fraction of sp³-hybridized carbons (Fsp3) is 1.00. The average Bonchev–Trinajstić information content (AvgIpc) is 2.70. The highest BCUT2D eigenvalue weighted by Gasteiger charge is 2.11. The maximum absolute atomic E-state index is 10.8. The van der Waals surface area contributed by atoms with Gasteiger partial charge in [-0.1, -0.05) is 57.8 Å². The SMILES string of the molecule is O=P(O)(O)CCCCCCCCCCCCC1CCOCCOCCCOCCO1. The molecule has 7 nitrogen and oxygen atoms in total. The van der Waals surface area contributed by atoms with Gasteiger partial charge in [0, 0.05) is 26.0 Å². The Hall–Kier alpha value is -0.0100. The molecular formula is C22H45O7P. The molecule has 0 aromatic carbocycles. The van der Waals surface area contributed by atoms with Crippen molar-refractivity contribution in [3.8, 4) is 0 Å². The maximum Gasteiger partial charge on any atom is 0.325 e. The average molecular weight is 453 g/mol. The summed E-state index contributed by atoms with van der Waals surface area (Å²) in [5.74, 6) is 0. The molecule has 1 atom stereocenters. The van der Waals surface area contributed by atoms with Crippen LogP contribution >= 0.6 is 7.60 Å². The second-order valence-corrected chi connectivity index (χ2v) is 9.96. The highest BCUT2D eigenvalue weighted by Crippen LogP contribution is 2.35. The fourth-order valence-electron chi connectivity index (χ4n) is 3.59. The second-order valence-electron chi connectivity index (χ2n) is 8.18. The molecule has 1 fully saturated rings. The van der Waals surface area contributed by atoms with Crippen LogP contribution in [-0.4, -0.2) is 68.3 Å². The molecule has 0 spiro atoms. The van der Waals surface area contributed by atoms with Gasteiger partial charge in [0.2, 0.25) is 0 Å². The lowest BCUT2D eigenvalue weighted by Crippen LogP contribution is -2.20. The molecule has 0 amide bonds. The van der Waals surface area contributed by atoms with E-state index in [1.807, 2.05) is 0 Å². The van der Waals surface area contributed by atoms with E-state index in [0.29, 0.717) is 32.8 Å². The van der Waals surface area contributed by atoms with Gasteiger partial charge in [0.15, 0.2) is 0 Å². The van der Waals surface area contributed by atoms with Crippen LogP contribution in [0.1, 0.15) is 83.5 Å². The first-order valence-electron chi connectivity index (χ1n) is 12.0. The van der Waals surface area contributed by atoms with E-state index in [4.69, 9.17) is 28.7 Å². The van der Waals surface area contributed by atoms with Crippen molar-refractivity contribution in [3.63, 3.8) is 0 Å². The van der Waals surface area contributed by atoms with E-state index >= 15 is 0 Å². The van der Waals surface area contributed by atoms with Gasteiger partial charge in [-0.3, -0.25) is 4.57 Å². The van der Waals surface area contributed by atoms with Crippen molar-refractivity contribution >= 4 is 7.60 Å². The van der Waals surface area contributed by atoms with E-state index < -0.39 is 7.60 Å². The van der Waals surface area contributed by atoms with Crippen LogP contribution in [-0.2, 0) is 23.5 Å². The molecule has 2 N–H and O–H groups in total. The standard InChI is InChI=1S/C22H45O7P/c23-30(24,25)21-10-8-6-4-2-1-3-5-7-9-12-22-13-16-28-18-17-26-14-11-15-27-19-20-29-22/h22H,1-21H2,(H2,23,24,25). The van der Waals surface area contributed by atoms with Crippen molar-refractivity contribution < 1.29 is 33.3 Å². The molecule has 0 bridgehead atoms. The lowest BCUT2D eigenvalue weighted by molar-refractivity contribution is -0.0312. The van der Waals surface area contributed by atoms with E-state index in [1.54, 1.807) is 0 Å². The highest BCUT2D eigenvalue weighted by molar-refractivity contribution is 7.51. The predicted octanol–water partition coefficient (Wildman–Crippen LogP) is 4.68. The summed E-state index contributed by atoms with van der Waals surface area (Å²) in [5.41, 5.74) is 0. The summed E-state index contributed by atoms with van der Waals surface area (Å²) in [6, 6.07) is 0. The molecule has 0 aromatic heterocycles. The van der Waals surface area contributed by atoms with Crippen LogP contribution in [0.2, 0.25) is 0 Å². The zero-order chi connectivity index (χ0) is 21.8. The molecule has 1 unspecified atom stereocenters. The van der Waals surface area contributed by atoms with E-state index in [2.05, 4.69) is 0 Å². The summed E-state index contributed by atoms with van der Waals surface area (Å²) < 4.78 is 33.5. The molecule has 1 heterocycles. The minimum Gasteiger partial charge on any atom is -0.379 e. The third kappa shape index (κ3) is 19.9. The van der Waals surface area contributed by atoms with Crippen molar-refractivity contribution in [1.29, 1.82) is 0 Å². The Bertz CT molecular complexity index is 402. The summed E-state index contributed by atoms with van der Waals surface area (Å²) in [4.78, 5) is 17.6. The molecule has 8 heteroatoms. The highest BCUT2D eigenvalue weighted by atomic mass is 31.2. The van der Waals surface area contributed by atoms with Crippen LogP contribution in [0.5, 0.6) is 0 Å². The maximum atomic E-state index is 10.8. The van der Waals surface area contributed by atoms with Crippen LogP contribution in [0.25, 0.3) is 0 Å². The predicted molar refractivity (Wildman–Crippen MR) is 119 cm³/mol. The Balaban J connectivity index is 1.96. The Labute approximate surface area is 183 Å². The molecule has 0 aromatic rings. The summed E-state index contributed by atoms with van der Waals surface area (Å²) in [7, 11) is -3.80. The second kappa shape index (κ2) is 19.7. The first-order valence-corrected chi connectivity index (χ1v) is 13.8. The van der Waals surface area contributed by atoms with E-state index in [1.165, 1.54) is 44.9 Å². The van der Waals surface area contributed by atoms with Gasteiger partial charge in [-0.05, 0) is 25.7 Å². The fourth-order valence-corrected chi connectivity index (χ4v) is 4.23. The van der Waals surface area contributed by atoms with E-state index in [0.717, 1.165) is 51.9 Å². The number of ether oxygens (including phenoxy) is 4. The van der Waals surface area contributed by atoms with Gasteiger partial charge >= 0.3 is 7.60 Å². The molecule has 0 aliphatic carbocycles. The van der Waals surface area contributed by atoms with Gasteiger partial charge in [0.25, 0.3) is 0 Å². The number of hydrogen-bond donors (Lipinski definition) is 2. The Kier molecular flexibility index (Phi) is 18.4. The third-order valence-electron chi connectivity index (χ3n) is 5.34. The minimum absolute atomic E-state index is 0.0330. The topological polar surface area (TPSA) is 94.5 Å². The lowest BCUT2D eigenvalue weighted by Gasteiger charge is -2.19. The number of rotatable bonds is 13. The monoisotopic (exact) mass is 452 g/mol. The van der Waals surface area contributed by atoms with Crippen molar-refractivity contribution in [2.45, 2.75) is 89.6 Å². The van der Waals surface area contributed by atoms with Crippen LogP contribution in [0, 0.1) is 0 Å². The van der Waals surface area contributed by atoms with Crippen molar-refractivity contribution in [1.82, 2.24) is 0 Å². The number of unbranched alkanes of at least 4 members (excludes halogenated alkanes) is 9. The summed E-state index contributed by atoms with van der Waals surface area (Å²) in [5, 5.41) is 0. The Morgan fingerprint density at radius 2 is 1.13 bits per heavy atom. The number of hydrogen-bond acceptors (Lipinski definition) is 5. The quantitative estimate of drug-likeness (QED) is 0.309. The summed E-state index contributed by atoms with van der Waals surface area (Å²) in [6.07, 6.45) is 14.5. The van der Waals surface area contributed by atoms with Gasteiger partial charge in [-0.2, -0.15) is 0 Å². The van der Waals surface area contributed by atoms with Crippen LogP contribution < -0.4 is 0 Å². The normalized spacial score (nSPS) is 20.7. The molecule has 1 rings (SSSR count). The van der Waals surface area contributed by atoms with Crippen molar-refractivity contribution in [3.05, 3.63) is 0 Å². The molecular weight excluding hydrogens is 407 g/mol. The van der Waals surface area contributed by atoms with E-state index in [-0.39, 0.29) is 12.3 Å². The first-order chi connectivity index (χ1) is 14.6. The zero-order valence-electron chi connectivity index (χ0n) is 18.8. The summed E-state index contributed by atoms with van der Waals surface area (Å²) >= 11 is 0. The molecule has 0 saturated carbocycles. The molecule has 180 valence electrons. The van der Waals surface area contributed by atoms with Gasteiger partial charge in [-0.15, -0.1) is 0 Å². The molecule has 1 saturated heterocycles. The molecule has 1 aliphatic rings. The molecule has 1 aliphatic heterocycles.